The molecule has 34 heavy (non-hydrogen) atoms. The van der Waals surface area contributed by atoms with Gasteiger partial charge < -0.3 is 9.47 Å². The highest BCUT2D eigenvalue weighted by atomic mass is 19.2. The zero-order valence-electron chi connectivity index (χ0n) is 19.3. The smallest absolute Gasteiger partial charge is 0.165 e. The van der Waals surface area contributed by atoms with E-state index in [4.69, 9.17) is 9.47 Å². The summed E-state index contributed by atoms with van der Waals surface area (Å²) in [5.74, 6) is -0.787. The summed E-state index contributed by atoms with van der Waals surface area (Å²) in [6, 6.07) is 15.2. The van der Waals surface area contributed by atoms with Gasteiger partial charge in [0.2, 0.25) is 0 Å². The van der Waals surface area contributed by atoms with E-state index >= 15 is 0 Å². The number of allylic oxidation sites excluding steroid dienone is 1. The minimum absolute atomic E-state index is 0.0423. The summed E-state index contributed by atoms with van der Waals surface area (Å²) >= 11 is 0. The van der Waals surface area contributed by atoms with Gasteiger partial charge in [-0.25, -0.2) is 13.2 Å². The van der Waals surface area contributed by atoms with Crippen molar-refractivity contribution in [2.45, 2.75) is 45.1 Å². The summed E-state index contributed by atoms with van der Waals surface area (Å²) in [7, 11) is 0. The van der Waals surface area contributed by atoms with Crippen LogP contribution in [0.4, 0.5) is 13.2 Å². The van der Waals surface area contributed by atoms with Crippen molar-refractivity contribution in [1.82, 2.24) is 0 Å². The molecule has 3 aromatic rings. The van der Waals surface area contributed by atoms with Crippen molar-refractivity contribution in [1.29, 1.82) is 0 Å². The first kappa shape index (κ1) is 23.9. The number of halogens is 3. The Morgan fingerprint density at radius 1 is 0.853 bits per heavy atom. The topological polar surface area (TPSA) is 18.5 Å². The predicted octanol–water partition coefficient (Wildman–Crippen LogP) is 8.21. The molecule has 0 N–H and O–H groups in total. The third-order valence-electron chi connectivity index (χ3n) is 6.55. The molecule has 0 amide bonds. The molecule has 0 bridgehead atoms. The summed E-state index contributed by atoms with van der Waals surface area (Å²) in [6.07, 6.45) is 5.55. The molecule has 0 spiro atoms. The summed E-state index contributed by atoms with van der Waals surface area (Å²) in [4.78, 5) is 0. The van der Waals surface area contributed by atoms with Crippen molar-refractivity contribution in [2.24, 2.45) is 5.92 Å². The van der Waals surface area contributed by atoms with E-state index in [9.17, 15) is 13.2 Å². The van der Waals surface area contributed by atoms with Crippen LogP contribution in [-0.2, 0) is 6.61 Å². The lowest BCUT2D eigenvalue weighted by Crippen LogP contribution is -2.14. The normalized spacial score (nSPS) is 17.9. The number of hydrogen-bond acceptors (Lipinski definition) is 2. The van der Waals surface area contributed by atoms with Crippen LogP contribution in [0.1, 0.15) is 49.7 Å². The quantitative estimate of drug-likeness (QED) is 0.312. The Morgan fingerprint density at radius 2 is 1.56 bits per heavy atom. The molecule has 178 valence electrons. The molecular weight excluding hydrogens is 437 g/mol. The lowest BCUT2D eigenvalue weighted by Gasteiger charge is -2.27. The largest absolute Gasteiger partial charge is 0.491 e. The van der Waals surface area contributed by atoms with Gasteiger partial charge in [0, 0.05) is 5.56 Å². The van der Waals surface area contributed by atoms with Crippen LogP contribution in [0.5, 0.6) is 11.5 Å². The monoisotopic (exact) mass is 466 g/mol. The Balaban J connectivity index is 1.40. The Labute approximate surface area is 199 Å². The highest BCUT2D eigenvalue weighted by molar-refractivity contribution is 5.65. The SMILES string of the molecule is C=CC1CCC(c2ccc(COc3ccc(-c4ccc(OCC)c(F)c4)cc3)c(F)c2F)CC1. The van der Waals surface area contributed by atoms with Crippen molar-refractivity contribution in [2.75, 3.05) is 6.61 Å². The van der Waals surface area contributed by atoms with E-state index in [1.165, 1.54) is 6.07 Å². The van der Waals surface area contributed by atoms with Gasteiger partial charge in [0.25, 0.3) is 0 Å². The molecule has 1 aliphatic carbocycles. The fourth-order valence-corrected chi connectivity index (χ4v) is 4.55. The van der Waals surface area contributed by atoms with Crippen LogP contribution in [-0.4, -0.2) is 6.61 Å². The summed E-state index contributed by atoms with van der Waals surface area (Å²) in [6.45, 7) is 5.95. The van der Waals surface area contributed by atoms with Crippen molar-refractivity contribution in [3.8, 4) is 22.6 Å². The Bertz CT molecular complexity index is 1130. The number of rotatable bonds is 8. The molecule has 0 unspecified atom stereocenters. The van der Waals surface area contributed by atoms with Gasteiger partial charge in [-0.3, -0.25) is 0 Å². The minimum atomic E-state index is -0.843. The van der Waals surface area contributed by atoms with Gasteiger partial charge in [0.1, 0.15) is 12.4 Å². The van der Waals surface area contributed by atoms with Crippen molar-refractivity contribution >= 4 is 0 Å². The highest BCUT2D eigenvalue weighted by Crippen LogP contribution is 2.38. The first-order valence-electron chi connectivity index (χ1n) is 11.7. The summed E-state index contributed by atoms with van der Waals surface area (Å²) in [5, 5.41) is 0. The van der Waals surface area contributed by atoms with Crippen LogP contribution < -0.4 is 9.47 Å². The van der Waals surface area contributed by atoms with Crippen LogP contribution in [0.3, 0.4) is 0 Å². The molecule has 4 rings (SSSR count). The molecule has 1 saturated carbocycles. The maximum atomic E-state index is 14.8. The maximum absolute atomic E-state index is 14.8. The van der Waals surface area contributed by atoms with Crippen LogP contribution in [0.2, 0.25) is 0 Å². The van der Waals surface area contributed by atoms with Gasteiger partial charge in [-0.15, -0.1) is 6.58 Å². The molecular formula is C29H29F3O2. The van der Waals surface area contributed by atoms with Gasteiger partial charge in [-0.05, 0) is 85.4 Å². The summed E-state index contributed by atoms with van der Waals surface area (Å²) in [5.41, 5.74) is 2.15. The first-order chi connectivity index (χ1) is 16.5. The van der Waals surface area contributed by atoms with E-state index < -0.39 is 17.5 Å². The number of benzene rings is 3. The van der Waals surface area contributed by atoms with Gasteiger partial charge in [0.05, 0.1) is 6.61 Å². The molecule has 1 fully saturated rings. The van der Waals surface area contributed by atoms with Crippen molar-refractivity contribution < 1.29 is 22.6 Å². The van der Waals surface area contributed by atoms with E-state index in [-0.39, 0.29) is 23.8 Å². The Morgan fingerprint density at radius 3 is 2.21 bits per heavy atom. The van der Waals surface area contributed by atoms with Crippen LogP contribution in [0.25, 0.3) is 11.1 Å². The van der Waals surface area contributed by atoms with E-state index in [0.29, 0.717) is 29.4 Å². The van der Waals surface area contributed by atoms with Crippen molar-refractivity contribution in [3.05, 3.63) is 95.8 Å². The van der Waals surface area contributed by atoms with E-state index in [1.807, 2.05) is 6.08 Å². The van der Waals surface area contributed by atoms with Crippen LogP contribution >= 0.6 is 0 Å². The minimum Gasteiger partial charge on any atom is -0.491 e. The van der Waals surface area contributed by atoms with Crippen LogP contribution in [0, 0.1) is 23.4 Å². The summed E-state index contributed by atoms with van der Waals surface area (Å²) < 4.78 is 54.6. The molecule has 0 radical (unpaired) electrons. The zero-order valence-corrected chi connectivity index (χ0v) is 19.3. The average Bonchev–Trinajstić information content (AvgIpc) is 2.87. The molecule has 0 aliphatic heterocycles. The second kappa shape index (κ2) is 10.8. The predicted molar refractivity (Wildman–Crippen MR) is 129 cm³/mol. The highest BCUT2D eigenvalue weighted by Gasteiger charge is 2.25. The molecule has 2 nitrogen and oxygen atoms in total. The lowest BCUT2D eigenvalue weighted by molar-refractivity contribution is 0.296. The van der Waals surface area contributed by atoms with E-state index in [2.05, 4.69) is 6.58 Å². The molecule has 3 aromatic carbocycles. The molecule has 0 atom stereocenters. The molecule has 5 heteroatoms. The molecule has 0 saturated heterocycles. The van der Waals surface area contributed by atoms with Gasteiger partial charge in [0.15, 0.2) is 23.2 Å². The third-order valence-corrected chi connectivity index (χ3v) is 6.55. The second-order valence-electron chi connectivity index (χ2n) is 8.68. The molecule has 0 aromatic heterocycles. The van der Waals surface area contributed by atoms with Gasteiger partial charge >= 0.3 is 0 Å². The van der Waals surface area contributed by atoms with Gasteiger partial charge in [-0.2, -0.15) is 0 Å². The fourth-order valence-electron chi connectivity index (χ4n) is 4.55. The fraction of sp³-hybridized carbons (Fsp3) is 0.310. The zero-order chi connectivity index (χ0) is 24.1. The van der Waals surface area contributed by atoms with Crippen LogP contribution in [0.15, 0.2) is 67.3 Å². The number of ether oxygens (including phenoxy) is 2. The lowest BCUT2D eigenvalue weighted by atomic mass is 9.78. The standard InChI is InChI=1S/C29H29F3O2/c1-3-19-5-7-21(8-6-19)25-15-11-23(28(31)29(25)32)18-34-24-13-9-20(10-14-24)22-12-16-27(33-4-2)26(30)17-22/h3,9-17,19,21H,1,4-8,18H2,2H3. The van der Waals surface area contributed by atoms with Gasteiger partial charge in [-0.1, -0.05) is 36.4 Å². The van der Waals surface area contributed by atoms with E-state index in [1.54, 1.807) is 55.5 Å². The van der Waals surface area contributed by atoms with Crippen molar-refractivity contribution in [3.63, 3.8) is 0 Å². The first-order valence-corrected chi connectivity index (χ1v) is 11.7. The molecule has 0 heterocycles. The average molecular weight is 467 g/mol. The van der Waals surface area contributed by atoms with E-state index in [0.717, 1.165) is 31.2 Å². The Kier molecular flexibility index (Phi) is 7.61. The third kappa shape index (κ3) is 5.30. The number of hydrogen-bond donors (Lipinski definition) is 0. The molecule has 1 aliphatic rings. The Hall–Kier alpha value is -3.21. The maximum Gasteiger partial charge on any atom is 0.165 e. The second-order valence-corrected chi connectivity index (χ2v) is 8.68.